The molecule has 6 rings (SSSR count). The van der Waals surface area contributed by atoms with Crippen molar-refractivity contribution in [2.45, 2.75) is 228 Å². The van der Waals surface area contributed by atoms with Crippen LogP contribution in [-0.2, 0) is 19.3 Å². The number of unbranched alkanes of at least 4 members (excludes halogenated alkanes) is 24. The van der Waals surface area contributed by atoms with Crippen LogP contribution in [0.1, 0.15) is 211 Å². The molecular formula is C69H96S3. The third kappa shape index (κ3) is 27.6. The maximum Gasteiger partial charge on any atom is 0.00404 e. The van der Waals surface area contributed by atoms with Crippen LogP contribution in [0.15, 0.2) is 160 Å². The summed E-state index contributed by atoms with van der Waals surface area (Å²) in [4.78, 5) is 3.04. The van der Waals surface area contributed by atoms with Gasteiger partial charge in [-0.05, 0) is 125 Å². The summed E-state index contributed by atoms with van der Waals surface area (Å²) < 4.78 is 0. The molecule has 0 atom stereocenters. The zero-order valence-corrected chi connectivity index (χ0v) is 48.1. The Bertz CT molecular complexity index is 2170. The van der Waals surface area contributed by atoms with Crippen LogP contribution in [0.25, 0.3) is 33.4 Å². The van der Waals surface area contributed by atoms with Crippen molar-refractivity contribution in [3.8, 4) is 33.4 Å². The van der Waals surface area contributed by atoms with E-state index in [0.29, 0.717) is 0 Å². The molecule has 0 heterocycles. The van der Waals surface area contributed by atoms with Crippen molar-refractivity contribution in [3.63, 3.8) is 0 Å². The Balaban J connectivity index is 0.000000235. The Morgan fingerprint density at radius 3 is 0.528 bits per heavy atom. The fourth-order valence-electron chi connectivity index (χ4n) is 9.47. The zero-order chi connectivity index (χ0) is 51.1. The van der Waals surface area contributed by atoms with Crippen molar-refractivity contribution in [2.75, 3.05) is 0 Å². The van der Waals surface area contributed by atoms with E-state index in [1.165, 1.54) is 243 Å². The van der Waals surface area contributed by atoms with E-state index in [0.717, 1.165) is 14.7 Å². The van der Waals surface area contributed by atoms with E-state index in [4.69, 9.17) is 0 Å². The molecule has 0 saturated heterocycles. The second-order valence-corrected chi connectivity index (χ2v) is 22.0. The van der Waals surface area contributed by atoms with Crippen molar-refractivity contribution in [1.82, 2.24) is 0 Å². The van der Waals surface area contributed by atoms with Crippen LogP contribution in [0.4, 0.5) is 0 Å². The van der Waals surface area contributed by atoms with Crippen LogP contribution in [0.2, 0.25) is 0 Å². The van der Waals surface area contributed by atoms with Gasteiger partial charge in [0.15, 0.2) is 0 Å². The summed E-state index contributed by atoms with van der Waals surface area (Å²) in [6, 6.07) is 52.3. The van der Waals surface area contributed by atoms with E-state index in [1.807, 2.05) is 12.1 Å². The third-order valence-corrected chi connectivity index (χ3v) is 15.1. The van der Waals surface area contributed by atoms with Crippen LogP contribution >= 0.6 is 37.9 Å². The minimum Gasteiger partial charge on any atom is -0.143 e. The first-order valence-electron chi connectivity index (χ1n) is 29.0. The molecule has 0 aliphatic rings. The van der Waals surface area contributed by atoms with E-state index < -0.39 is 0 Å². The Morgan fingerprint density at radius 1 is 0.194 bits per heavy atom. The number of aryl methyl sites for hydroxylation is 3. The topological polar surface area (TPSA) is 0 Å². The van der Waals surface area contributed by atoms with Gasteiger partial charge in [0.2, 0.25) is 0 Å². The molecule has 0 aromatic heterocycles. The molecule has 3 heteroatoms. The number of hydrogen-bond donors (Lipinski definition) is 3. The highest BCUT2D eigenvalue weighted by molar-refractivity contribution is 7.80. The number of thiol groups is 3. The normalized spacial score (nSPS) is 10.9. The summed E-state index contributed by atoms with van der Waals surface area (Å²) in [5.41, 5.74) is 12.1. The Hall–Kier alpha value is -3.63. The average Bonchev–Trinajstić information content (AvgIpc) is 3.41. The molecule has 0 radical (unpaired) electrons. The van der Waals surface area contributed by atoms with Gasteiger partial charge in [-0.15, -0.1) is 37.9 Å². The summed E-state index contributed by atoms with van der Waals surface area (Å²) in [5, 5.41) is 0. The second kappa shape index (κ2) is 39.8. The fraction of sp³-hybridized carbons (Fsp3) is 0.478. The largest absolute Gasteiger partial charge is 0.143 e. The predicted octanol–water partition coefficient (Wildman–Crippen LogP) is 23.1. The van der Waals surface area contributed by atoms with Crippen LogP contribution in [0.5, 0.6) is 0 Å². The molecule has 0 N–H and O–H groups in total. The highest BCUT2D eigenvalue weighted by Crippen LogP contribution is 2.25. The van der Waals surface area contributed by atoms with Gasteiger partial charge in [-0.2, -0.15) is 0 Å². The lowest BCUT2D eigenvalue weighted by atomic mass is 10.0. The monoisotopic (exact) mass is 1020 g/mol. The van der Waals surface area contributed by atoms with Crippen molar-refractivity contribution in [3.05, 3.63) is 162 Å². The zero-order valence-electron chi connectivity index (χ0n) is 45.4. The van der Waals surface area contributed by atoms with Gasteiger partial charge in [-0.25, -0.2) is 0 Å². The van der Waals surface area contributed by atoms with Crippen molar-refractivity contribution >= 4 is 37.9 Å². The first kappa shape index (κ1) is 60.9. The molecule has 72 heavy (non-hydrogen) atoms. The van der Waals surface area contributed by atoms with Crippen LogP contribution in [-0.4, -0.2) is 0 Å². The van der Waals surface area contributed by atoms with Crippen LogP contribution in [0, 0.1) is 0 Å². The fourth-order valence-corrected chi connectivity index (χ4v) is 9.92. The maximum atomic E-state index is 4.35. The second-order valence-electron chi connectivity index (χ2n) is 20.5. The van der Waals surface area contributed by atoms with Crippen molar-refractivity contribution in [2.24, 2.45) is 0 Å². The molecule has 0 aliphatic heterocycles. The van der Waals surface area contributed by atoms with E-state index in [1.54, 1.807) is 0 Å². The average molecular weight is 1020 g/mol. The minimum atomic E-state index is 1.01. The summed E-state index contributed by atoms with van der Waals surface area (Å²) in [6.07, 6.45) is 41.4. The van der Waals surface area contributed by atoms with Gasteiger partial charge < -0.3 is 0 Å². The Morgan fingerprint density at radius 2 is 0.347 bits per heavy atom. The summed E-state index contributed by atoms with van der Waals surface area (Å²) in [7, 11) is 0. The number of rotatable bonds is 33. The Kier molecular flexibility index (Phi) is 33.7. The lowest BCUT2D eigenvalue weighted by Gasteiger charge is -2.06. The molecule has 0 nitrogen and oxygen atoms in total. The molecule has 0 fully saturated rings. The summed E-state index contributed by atoms with van der Waals surface area (Å²) in [6.45, 7) is 6.85. The highest BCUT2D eigenvalue weighted by atomic mass is 32.1. The molecule has 6 aromatic rings. The van der Waals surface area contributed by atoms with Gasteiger partial charge >= 0.3 is 0 Å². The molecule has 0 aliphatic carbocycles. The van der Waals surface area contributed by atoms with Crippen LogP contribution < -0.4 is 0 Å². The molecule has 390 valence electrons. The molecule has 0 unspecified atom stereocenters. The molecule has 0 saturated carbocycles. The molecule has 0 amide bonds. The first-order valence-corrected chi connectivity index (χ1v) is 30.4. The van der Waals surface area contributed by atoms with Gasteiger partial charge in [-0.1, -0.05) is 284 Å². The summed E-state index contributed by atoms with van der Waals surface area (Å²) in [5.74, 6) is 0. The van der Waals surface area contributed by atoms with Gasteiger partial charge in [0, 0.05) is 14.7 Å². The third-order valence-electron chi connectivity index (χ3n) is 14.2. The Labute approximate surface area is 458 Å². The van der Waals surface area contributed by atoms with Gasteiger partial charge in [0.25, 0.3) is 0 Å². The van der Waals surface area contributed by atoms with E-state index in [-0.39, 0.29) is 0 Å². The van der Waals surface area contributed by atoms with Crippen molar-refractivity contribution in [1.29, 1.82) is 0 Å². The molecular weight excluding hydrogens is 925 g/mol. The molecule has 6 aromatic carbocycles. The SMILES string of the molecule is CCCCCCCCCCCCc1ccc(-c2ccc(S)cc2)cc1.CCCCCCCCCCCc1ccc(-c2ccc(S)cc2)cc1.CCCCCCCCCCc1ccc(-c2ccc(S)cc2)cc1. The van der Waals surface area contributed by atoms with Gasteiger partial charge in [0.05, 0.1) is 0 Å². The standard InChI is InChI=1S/C24H34S.C23H32S.C22H30S/c1-2-3-4-5-6-7-8-9-10-11-12-21-13-15-22(16-14-21)23-17-19-24(25)20-18-23;1-2-3-4-5-6-7-8-9-10-11-20-12-14-21(15-13-20)22-16-18-23(24)19-17-22;1-2-3-4-5-6-7-8-9-10-19-11-13-20(14-12-19)21-15-17-22(23)18-16-21/h13-20,25H,2-12H2,1H3;12-19,24H,2-11H2,1H3;11-18,23H,2-10H2,1H3. The highest BCUT2D eigenvalue weighted by Gasteiger charge is 2.03. The first-order chi connectivity index (χ1) is 35.4. The number of hydrogen-bond acceptors (Lipinski definition) is 3. The predicted molar refractivity (Wildman–Crippen MR) is 330 cm³/mol. The van der Waals surface area contributed by atoms with Crippen LogP contribution in [0.3, 0.4) is 0 Å². The lowest BCUT2D eigenvalue weighted by molar-refractivity contribution is 0.556. The quantitative estimate of drug-likeness (QED) is 0.0266. The molecule has 0 spiro atoms. The molecule has 0 bridgehead atoms. The smallest absolute Gasteiger partial charge is 0.00404 e. The maximum absolute atomic E-state index is 4.35. The lowest BCUT2D eigenvalue weighted by Crippen LogP contribution is -1.87. The van der Waals surface area contributed by atoms with E-state index in [9.17, 15) is 0 Å². The number of benzene rings is 6. The summed E-state index contributed by atoms with van der Waals surface area (Å²) >= 11 is 13.0. The minimum absolute atomic E-state index is 1.01. The van der Waals surface area contributed by atoms with E-state index in [2.05, 4.69) is 192 Å². The van der Waals surface area contributed by atoms with E-state index >= 15 is 0 Å². The van der Waals surface area contributed by atoms with Gasteiger partial charge in [-0.3, -0.25) is 0 Å². The van der Waals surface area contributed by atoms with Gasteiger partial charge in [0.1, 0.15) is 0 Å². The van der Waals surface area contributed by atoms with Crippen molar-refractivity contribution < 1.29 is 0 Å².